The molecule has 0 unspecified atom stereocenters. The molecule has 0 aromatic carbocycles. The molecule has 0 atom stereocenters. The van der Waals surface area contributed by atoms with Gasteiger partial charge in [0, 0.05) is 31.4 Å². The van der Waals surface area contributed by atoms with Crippen LogP contribution in [0.5, 0.6) is 0 Å². The van der Waals surface area contributed by atoms with Gasteiger partial charge in [0.1, 0.15) is 0 Å². The van der Waals surface area contributed by atoms with Crippen molar-refractivity contribution < 1.29 is 4.79 Å². The molecule has 29 heavy (non-hydrogen) atoms. The van der Waals surface area contributed by atoms with E-state index in [2.05, 4.69) is 31.2 Å². The van der Waals surface area contributed by atoms with Gasteiger partial charge in [-0.05, 0) is 65.0 Å². The minimum absolute atomic E-state index is 0.0398. The lowest BCUT2D eigenvalue weighted by Gasteiger charge is -2.20. The molecule has 0 radical (unpaired) electrons. The van der Waals surface area contributed by atoms with Crippen LogP contribution in [0.15, 0.2) is 18.5 Å². The van der Waals surface area contributed by atoms with Crippen molar-refractivity contribution in [1.29, 1.82) is 0 Å². The fourth-order valence-corrected chi connectivity index (χ4v) is 3.73. The molecule has 4 rings (SSSR count). The summed E-state index contributed by atoms with van der Waals surface area (Å²) < 4.78 is 3.76. The zero-order valence-electron chi connectivity index (χ0n) is 18.0. The molecule has 0 spiro atoms. The molecule has 7 heteroatoms. The molecule has 7 nitrogen and oxygen atoms in total. The van der Waals surface area contributed by atoms with Crippen LogP contribution in [0.2, 0.25) is 0 Å². The Morgan fingerprint density at radius 3 is 2.69 bits per heavy atom. The molecule has 3 aromatic heterocycles. The second-order valence-electron chi connectivity index (χ2n) is 9.12. The van der Waals surface area contributed by atoms with Crippen LogP contribution in [-0.4, -0.2) is 37.0 Å². The van der Waals surface area contributed by atoms with Gasteiger partial charge >= 0.3 is 0 Å². The number of aryl methyl sites for hydroxylation is 3. The molecule has 0 aliphatic heterocycles. The minimum atomic E-state index is -0.195. The lowest BCUT2D eigenvalue weighted by atomic mass is 10.1. The summed E-state index contributed by atoms with van der Waals surface area (Å²) in [7, 11) is 1.91. The summed E-state index contributed by atoms with van der Waals surface area (Å²) in [5.41, 5.74) is 4.38. The third-order valence-electron chi connectivity index (χ3n) is 5.39. The van der Waals surface area contributed by atoms with Crippen molar-refractivity contribution >= 4 is 16.9 Å². The van der Waals surface area contributed by atoms with E-state index in [4.69, 9.17) is 10.1 Å². The summed E-state index contributed by atoms with van der Waals surface area (Å²) >= 11 is 0. The largest absolute Gasteiger partial charge is 0.352 e. The monoisotopic (exact) mass is 394 g/mol. The third kappa shape index (κ3) is 4.04. The van der Waals surface area contributed by atoms with E-state index < -0.39 is 0 Å². The number of rotatable bonds is 6. The van der Waals surface area contributed by atoms with Gasteiger partial charge in [-0.15, -0.1) is 0 Å². The van der Waals surface area contributed by atoms with E-state index in [0.717, 1.165) is 48.1 Å². The van der Waals surface area contributed by atoms with E-state index in [0.29, 0.717) is 18.0 Å². The molecule has 0 saturated heterocycles. The highest BCUT2D eigenvalue weighted by atomic mass is 16.1. The van der Waals surface area contributed by atoms with Crippen LogP contribution in [0.1, 0.15) is 73.3 Å². The van der Waals surface area contributed by atoms with Gasteiger partial charge in [-0.3, -0.25) is 9.48 Å². The predicted octanol–water partition coefficient (Wildman–Crippen LogP) is 3.47. The van der Waals surface area contributed by atoms with Crippen molar-refractivity contribution in [2.45, 2.75) is 64.8 Å². The molecule has 3 heterocycles. The van der Waals surface area contributed by atoms with Gasteiger partial charge in [0.25, 0.3) is 5.91 Å². The number of hydrogen-bond acceptors (Lipinski definition) is 4. The maximum atomic E-state index is 13.1. The predicted molar refractivity (Wildman–Crippen MR) is 113 cm³/mol. The van der Waals surface area contributed by atoms with Crippen LogP contribution in [-0.2, 0) is 19.0 Å². The highest BCUT2D eigenvalue weighted by Gasteiger charge is 2.30. The Kier molecular flexibility index (Phi) is 4.92. The first-order valence-corrected chi connectivity index (χ1v) is 10.4. The van der Waals surface area contributed by atoms with E-state index in [1.165, 1.54) is 5.56 Å². The summed E-state index contributed by atoms with van der Waals surface area (Å²) in [4.78, 5) is 18.0. The van der Waals surface area contributed by atoms with Crippen LogP contribution in [0.25, 0.3) is 11.0 Å². The average molecular weight is 395 g/mol. The van der Waals surface area contributed by atoms with Gasteiger partial charge in [0.05, 0.1) is 28.4 Å². The normalized spacial score (nSPS) is 14.5. The average Bonchev–Trinajstić information content (AvgIpc) is 3.34. The van der Waals surface area contributed by atoms with Crippen LogP contribution >= 0.6 is 0 Å². The lowest BCUT2D eigenvalue weighted by molar-refractivity contribution is 0.0954. The molecule has 1 N–H and O–H groups in total. The first kappa shape index (κ1) is 19.6. The van der Waals surface area contributed by atoms with Crippen LogP contribution in [0.3, 0.4) is 0 Å². The molecular formula is C22H30N6O. The molecule has 1 amide bonds. The van der Waals surface area contributed by atoms with Gasteiger partial charge in [0.2, 0.25) is 0 Å². The van der Waals surface area contributed by atoms with E-state index >= 15 is 0 Å². The van der Waals surface area contributed by atoms with Crippen molar-refractivity contribution in [1.82, 2.24) is 29.9 Å². The Morgan fingerprint density at radius 1 is 1.31 bits per heavy atom. The number of fused-ring (bicyclic) bond motifs is 1. The first-order valence-electron chi connectivity index (χ1n) is 10.4. The van der Waals surface area contributed by atoms with E-state index in [9.17, 15) is 4.79 Å². The van der Waals surface area contributed by atoms with E-state index in [1.807, 2.05) is 37.1 Å². The molecule has 0 bridgehead atoms. The van der Waals surface area contributed by atoms with E-state index in [1.54, 1.807) is 4.68 Å². The smallest absolute Gasteiger partial charge is 0.252 e. The van der Waals surface area contributed by atoms with Gasteiger partial charge in [-0.25, -0.2) is 9.67 Å². The number of carbonyl (C=O) groups is 1. The highest BCUT2D eigenvalue weighted by Crippen LogP contribution is 2.40. The molecule has 1 aliphatic carbocycles. The zero-order chi connectivity index (χ0) is 20.8. The zero-order valence-corrected chi connectivity index (χ0v) is 18.0. The number of nitrogens with zero attached hydrogens (tertiary/aromatic N) is 5. The SMILES string of the molecule is Cc1nn(C(C)(C)C)c2nc(C3CC3)cc(C(=O)NCCCc3cnn(C)c3)c12. The quantitative estimate of drug-likeness (QED) is 0.650. The first-order chi connectivity index (χ1) is 13.7. The fraction of sp³-hybridized carbons (Fsp3) is 0.545. The van der Waals surface area contributed by atoms with Crippen molar-refractivity contribution in [3.05, 3.63) is 41.0 Å². The van der Waals surface area contributed by atoms with Crippen LogP contribution < -0.4 is 5.32 Å². The Hall–Kier alpha value is -2.70. The molecule has 1 fully saturated rings. The van der Waals surface area contributed by atoms with Crippen molar-refractivity contribution in [2.24, 2.45) is 7.05 Å². The molecular weight excluding hydrogens is 364 g/mol. The maximum Gasteiger partial charge on any atom is 0.252 e. The van der Waals surface area contributed by atoms with Gasteiger partial charge in [-0.1, -0.05) is 0 Å². The van der Waals surface area contributed by atoms with Gasteiger partial charge in [0.15, 0.2) is 5.65 Å². The highest BCUT2D eigenvalue weighted by molar-refractivity contribution is 6.06. The standard InChI is InChI=1S/C22H30N6O/c1-14-19-17(21(29)23-10-6-7-15-12-24-27(5)13-15)11-18(16-8-9-16)25-20(19)28(26-14)22(2,3)4/h11-13,16H,6-10H2,1-5H3,(H,23,29). The minimum Gasteiger partial charge on any atom is -0.352 e. The van der Waals surface area contributed by atoms with Crippen molar-refractivity contribution in [2.75, 3.05) is 6.54 Å². The van der Waals surface area contributed by atoms with E-state index in [-0.39, 0.29) is 11.4 Å². The summed E-state index contributed by atoms with van der Waals surface area (Å²) in [6.45, 7) is 8.93. The topological polar surface area (TPSA) is 77.6 Å². The molecule has 1 aliphatic rings. The van der Waals surface area contributed by atoms with Crippen molar-refractivity contribution in [3.63, 3.8) is 0 Å². The number of pyridine rings is 1. The summed E-state index contributed by atoms with van der Waals surface area (Å²) in [6, 6.07) is 1.98. The number of carbonyl (C=O) groups excluding carboxylic acids is 1. The maximum absolute atomic E-state index is 13.1. The van der Waals surface area contributed by atoms with Crippen LogP contribution in [0, 0.1) is 6.92 Å². The Morgan fingerprint density at radius 2 is 2.07 bits per heavy atom. The third-order valence-corrected chi connectivity index (χ3v) is 5.39. The number of aromatic nitrogens is 5. The summed E-state index contributed by atoms with van der Waals surface area (Å²) in [6.07, 6.45) is 7.96. The van der Waals surface area contributed by atoms with Crippen LogP contribution in [0.4, 0.5) is 0 Å². The second-order valence-corrected chi connectivity index (χ2v) is 9.12. The number of nitrogens with one attached hydrogen (secondary N) is 1. The van der Waals surface area contributed by atoms with Gasteiger partial charge < -0.3 is 5.32 Å². The lowest BCUT2D eigenvalue weighted by Crippen LogP contribution is -2.26. The Labute approximate surface area is 171 Å². The fourth-order valence-electron chi connectivity index (χ4n) is 3.73. The van der Waals surface area contributed by atoms with Gasteiger partial charge in [-0.2, -0.15) is 10.2 Å². The number of hydrogen-bond donors (Lipinski definition) is 1. The summed E-state index contributed by atoms with van der Waals surface area (Å²) in [5.74, 6) is 0.433. The second kappa shape index (κ2) is 7.28. The molecule has 3 aromatic rings. The molecule has 154 valence electrons. The Balaban J connectivity index is 1.58. The number of amides is 1. The molecule has 1 saturated carbocycles. The Bertz CT molecular complexity index is 1050. The summed E-state index contributed by atoms with van der Waals surface area (Å²) in [5, 5.41) is 12.9. The van der Waals surface area contributed by atoms with Crippen molar-refractivity contribution in [3.8, 4) is 0 Å².